The van der Waals surface area contributed by atoms with Crippen LogP contribution in [0.1, 0.15) is 25.6 Å². The number of aliphatic imine (C=N–C) groups is 1. The number of aromatic nitrogens is 2. The molecular weight excluding hydrogens is 411 g/mol. The first-order valence-corrected chi connectivity index (χ1v) is 8.60. The van der Waals surface area contributed by atoms with E-state index in [1.807, 2.05) is 7.05 Å². The highest BCUT2D eigenvalue weighted by atomic mass is 127. The van der Waals surface area contributed by atoms with Crippen molar-refractivity contribution in [2.75, 3.05) is 44.7 Å². The van der Waals surface area contributed by atoms with Crippen LogP contribution in [0.4, 0.5) is 5.13 Å². The average molecular weight is 436 g/mol. The third-order valence-corrected chi connectivity index (χ3v) is 4.90. The molecule has 1 N–H and O–H groups in total. The zero-order valence-corrected chi connectivity index (χ0v) is 16.4. The van der Waals surface area contributed by atoms with Gasteiger partial charge >= 0.3 is 0 Å². The van der Waals surface area contributed by atoms with Crippen molar-refractivity contribution in [1.82, 2.24) is 19.6 Å². The number of nitrogens with one attached hydrogen (secondary N) is 1. The van der Waals surface area contributed by atoms with Gasteiger partial charge in [0.2, 0.25) is 5.13 Å². The fourth-order valence-corrected chi connectivity index (χ4v) is 3.32. The average Bonchev–Trinajstić information content (AvgIpc) is 3.23. The van der Waals surface area contributed by atoms with Crippen molar-refractivity contribution in [3.8, 4) is 0 Å². The first kappa shape index (κ1) is 17.7. The maximum Gasteiger partial charge on any atom is 0.205 e. The number of piperazine rings is 1. The molecule has 1 saturated heterocycles. The van der Waals surface area contributed by atoms with Crippen LogP contribution in [0.25, 0.3) is 0 Å². The van der Waals surface area contributed by atoms with Crippen molar-refractivity contribution >= 4 is 46.6 Å². The molecule has 3 rings (SSSR count). The van der Waals surface area contributed by atoms with Gasteiger partial charge in [0.1, 0.15) is 5.82 Å². The maximum absolute atomic E-state index is 4.58. The lowest BCUT2D eigenvalue weighted by molar-refractivity contribution is 0.372. The van der Waals surface area contributed by atoms with E-state index in [1.54, 1.807) is 0 Å². The molecule has 1 saturated carbocycles. The molecule has 1 aromatic heterocycles. The Labute approximate surface area is 153 Å². The highest BCUT2D eigenvalue weighted by Gasteiger charge is 2.25. The van der Waals surface area contributed by atoms with Gasteiger partial charge < -0.3 is 15.1 Å². The van der Waals surface area contributed by atoms with E-state index in [0.29, 0.717) is 0 Å². The van der Waals surface area contributed by atoms with Crippen LogP contribution >= 0.6 is 35.5 Å². The number of halogens is 1. The Bertz CT molecular complexity index is 493. The molecule has 6 nitrogen and oxygen atoms in total. The normalized spacial score (nSPS) is 19.1. The largest absolute Gasteiger partial charge is 0.356 e. The first-order chi connectivity index (χ1) is 10.3. The van der Waals surface area contributed by atoms with Crippen molar-refractivity contribution < 1.29 is 0 Å². The molecule has 0 spiro atoms. The van der Waals surface area contributed by atoms with Crippen LogP contribution in [0.15, 0.2) is 4.99 Å². The Morgan fingerprint density at radius 2 is 2.05 bits per heavy atom. The molecule has 0 atom stereocenters. The second-order valence-electron chi connectivity index (χ2n) is 5.69. The highest BCUT2D eigenvalue weighted by molar-refractivity contribution is 14.0. The Balaban J connectivity index is 0.00000176. The van der Waals surface area contributed by atoms with Crippen LogP contribution in [0.2, 0.25) is 0 Å². The zero-order chi connectivity index (χ0) is 14.7. The smallest absolute Gasteiger partial charge is 0.205 e. The van der Waals surface area contributed by atoms with Gasteiger partial charge in [0.25, 0.3) is 0 Å². The van der Waals surface area contributed by atoms with Crippen LogP contribution in [0.5, 0.6) is 0 Å². The summed E-state index contributed by atoms with van der Waals surface area (Å²) in [7, 11) is 1.87. The minimum Gasteiger partial charge on any atom is -0.356 e. The Kier molecular flexibility index (Phi) is 6.66. The van der Waals surface area contributed by atoms with Gasteiger partial charge in [0.15, 0.2) is 5.96 Å². The number of guanidine groups is 1. The predicted molar refractivity (Wildman–Crippen MR) is 103 cm³/mol. The van der Waals surface area contributed by atoms with Crippen molar-refractivity contribution in [2.45, 2.75) is 26.2 Å². The van der Waals surface area contributed by atoms with Crippen LogP contribution in [0.3, 0.4) is 0 Å². The summed E-state index contributed by atoms with van der Waals surface area (Å²) in [6, 6.07) is 0. The summed E-state index contributed by atoms with van der Waals surface area (Å²) in [4.78, 5) is 13.7. The minimum absolute atomic E-state index is 0. The van der Waals surface area contributed by atoms with Gasteiger partial charge in [-0.2, -0.15) is 4.37 Å². The van der Waals surface area contributed by atoms with Crippen molar-refractivity contribution in [1.29, 1.82) is 0 Å². The molecule has 124 valence electrons. The maximum atomic E-state index is 4.58. The van der Waals surface area contributed by atoms with E-state index < -0.39 is 0 Å². The van der Waals surface area contributed by atoms with Crippen molar-refractivity contribution in [3.63, 3.8) is 0 Å². The Morgan fingerprint density at radius 1 is 1.32 bits per heavy atom. The summed E-state index contributed by atoms with van der Waals surface area (Å²) < 4.78 is 4.38. The number of nitrogens with zero attached hydrogens (tertiary/aromatic N) is 5. The molecule has 2 fully saturated rings. The van der Waals surface area contributed by atoms with Gasteiger partial charge in [-0.3, -0.25) is 4.99 Å². The lowest BCUT2D eigenvalue weighted by atomic mass is 10.3. The summed E-state index contributed by atoms with van der Waals surface area (Å²) in [5, 5.41) is 4.56. The Hall–Kier alpha value is -0.640. The molecular formula is C14H25IN6S. The van der Waals surface area contributed by atoms with E-state index in [9.17, 15) is 0 Å². The monoisotopic (exact) mass is 436 g/mol. The molecule has 2 heterocycles. The summed E-state index contributed by atoms with van der Waals surface area (Å²) in [6.45, 7) is 7.13. The van der Waals surface area contributed by atoms with E-state index in [1.165, 1.54) is 24.4 Å². The van der Waals surface area contributed by atoms with E-state index in [4.69, 9.17) is 0 Å². The third kappa shape index (κ3) is 4.43. The molecule has 0 amide bonds. The van der Waals surface area contributed by atoms with Gasteiger partial charge in [0.05, 0.1) is 0 Å². The summed E-state index contributed by atoms with van der Waals surface area (Å²) in [5.41, 5.74) is 0. The third-order valence-electron chi connectivity index (χ3n) is 4.08. The standard InChI is InChI=1S/C14H24N6S.HI/c1-3-12-17-14(21-18-12)20-8-6-19(7-9-20)13(15-2)16-10-11-4-5-11;/h11H,3-10H2,1-2H3,(H,15,16);1H. The molecule has 0 radical (unpaired) electrons. The van der Waals surface area contributed by atoms with E-state index in [-0.39, 0.29) is 24.0 Å². The molecule has 0 bridgehead atoms. The van der Waals surface area contributed by atoms with E-state index in [2.05, 4.69) is 36.4 Å². The molecule has 2 aliphatic rings. The summed E-state index contributed by atoms with van der Waals surface area (Å²) in [6.07, 6.45) is 3.65. The number of aryl methyl sites for hydroxylation is 1. The molecule has 8 heteroatoms. The van der Waals surface area contributed by atoms with Gasteiger partial charge in [-0.25, -0.2) is 4.98 Å². The number of anilines is 1. The molecule has 1 aromatic rings. The summed E-state index contributed by atoms with van der Waals surface area (Å²) >= 11 is 1.52. The van der Waals surface area contributed by atoms with E-state index in [0.717, 1.165) is 62.0 Å². The molecule has 1 aliphatic carbocycles. The van der Waals surface area contributed by atoms with Crippen LogP contribution in [-0.4, -0.2) is 60.0 Å². The van der Waals surface area contributed by atoms with Crippen molar-refractivity contribution in [2.24, 2.45) is 10.9 Å². The predicted octanol–water partition coefficient (Wildman–Crippen LogP) is 1.83. The zero-order valence-electron chi connectivity index (χ0n) is 13.3. The fraction of sp³-hybridized carbons (Fsp3) is 0.786. The molecule has 1 aliphatic heterocycles. The van der Waals surface area contributed by atoms with Gasteiger partial charge in [-0.05, 0) is 18.8 Å². The lowest BCUT2D eigenvalue weighted by Gasteiger charge is -2.36. The SMILES string of the molecule is CCc1nsc(N2CCN(C(=NC)NCC3CC3)CC2)n1.I. The van der Waals surface area contributed by atoms with Crippen molar-refractivity contribution in [3.05, 3.63) is 5.82 Å². The van der Waals surface area contributed by atoms with E-state index >= 15 is 0 Å². The molecule has 0 unspecified atom stereocenters. The highest BCUT2D eigenvalue weighted by Crippen LogP contribution is 2.27. The number of hydrogen-bond acceptors (Lipinski definition) is 5. The molecule has 0 aromatic carbocycles. The first-order valence-electron chi connectivity index (χ1n) is 7.83. The van der Waals surface area contributed by atoms with Gasteiger partial charge in [-0.15, -0.1) is 24.0 Å². The Morgan fingerprint density at radius 3 is 2.59 bits per heavy atom. The second-order valence-corrected chi connectivity index (χ2v) is 6.42. The number of rotatable bonds is 4. The topological polar surface area (TPSA) is 56.7 Å². The fourth-order valence-electron chi connectivity index (χ4n) is 2.52. The van der Waals surface area contributed by atoms with Crippen LogP contribution in [0, 0.1) is 5.92 Å². The second kappa shape index (κ2) is 8.28. The van der Waals surface area contributed by atoms with Gasteiger partial charge in [-0.1, -0.05) is 6.92 Å². The van der Waals surface area contributed by atoms with Gasteiger partial charge in [0, 0.05) is 57.7 Å². The van der Waals surface area contributed by atoms with Crippen LogP contribution < -0.4 is 10.2 Å². The van der Waals surface area contributed by atoms with Crippen LogP contribution in [-0.2, 0) is 6.42 Å². The lowest BCUT2D eigenvalue weighted by Crippen LogP contribution is -2.52. The summed E-state index contributed by atoms with van der Waals surface area (Å²) in [5.74, 6) is 2.88. The molecule has 22 heavy (non-hydrogen) atoms. The quantitative estimate of drug-likeness (QED) is 0.444. The minimum atomic E-state index is 0. The number of hydrogen-bond donors (Lipinski definition) is 1.